The Hall–Kier alpha value is -1.93. The monoisotopic (exact) mass is 368 g/mol. The van der Waals surface area contributed by atoms with Gasteiger partial charge in [0.1, 0.15) is 11.1 Å². The summed E-state index contributed by atoms with van der Waals surface area (Å²) in [6.45, 7) is 1.34. The van der Waals surface area contributed by atoms with Gasteiger partial charge in [0.2, 0.25) is 20.9 Å². The van der Waals surface area contributed by atoms with Crippen LogP contribution in [0.5, 0.6) is 0 Å². The molecule has 2 aromatic rings. The minimum absolute atomic E-state index is 0.178. The van der Waals surface area contributed by atoms with E-state index in [4.69, 9.17) is 11.6 Å². The van der Waals surface area contributed by atoms with E-state index in [9.17, 15) is 13.2 Å². The van der Waals surface area contributed by atoms with Crippen LogP contribution < -0.4 is 5.32 Å². The third-order valence-corrected chi connectivity index (χ3v) is 6.27. The molecule has 1 heterocycles. The summed E-state index contributed by atoms with van der Waals surface area (Å²) >= 11 is 5.79. The van der Waals surface area contributed by atoms with Crippen LogP contribution in [0.1, 0.15) is 31.5 Å². The standard InChI is InChI=1S/C15H17ClN4O3S/c1-9(14(21)17-12-7-5-11(16)6-8-12)24(22,23)15-19-18-13(20(15)2)10-3-4-10/h5-10H,3-4H2,1-2H3,(H,17,21)/t9-/m0/s1. The number of halogens is 1. The molecule has 1 aromatic carbocycles. The maximum atomic E-state index is 12.7. The summed E-state index contributed by atoms with van der Waals surface area (Å²) in [4.78, 5) is 12.3. The number of anilines is 1. The number of nitrogens with one attached hydrogen (secondary N) is 1. The van der Waals surface area contributed by atoms with Crippen LogP contribution in [0, 0.1) is 0 Å². The van der Waals surface area contributed by atoms with Gasteiger partial charge in [-0.2, -0.15) is 0 Å². The molecule has 3 rings (SSSR count). The molecule has 9 heteroatoms. The summed E-state index contributed by atoms with van der Waals surface area (Å²) in [5.74, 6) is 0.289. The number of aromatic nitrogens is 3. The molecule has 0 unspecified atom stereocenters. The lowest BCUT2D eigenvalue weighted by Gasteiger charge is -2.13. The van der Waals surface area contributed by atoms with Gasteiger partial charge < -0.3 is 9.88 Å². The lowest BCUT2D eigenvalue weighted by molar-refractivity contribution is -0.115. The molecule has 0 saturated heterocycles. The molecular weight excluding hydrogens is 352 g/mol. The predicted molar refractivity (Wildman–Crippen MR) is 89.7 cm³/mol. The molecular formula is C15H17ClN4O3S. The van der Waals surface area contributed by atoms with Gasteiger partial charge in [-0.15, -0.1) is 10.2 Å². The smallest absolute Gasteiger partial charge is 0.250 e. The van der Waals surface area contributed by atoms with E-state index in [1.54, 1.807) is 31.3 Å². The van der Waals surface area contributed by atoms with Crippen LogP contribution in [-0.2, 0) is 21.7 Å². The van der Waals surface area contributed by atoms with E-state index in [1.807, 2.05) is 0 Å². The first-order valence-electron chi connectivity index (χ1n) is 7.50. The molecule has 1 aliphatic carbocycles. The van der Waals surface area contributed by atoms with Gasteiger partial charge >= 0.3 is 0 Å². The van der Waals surface area contributed by atoms with Gasteiger partial charge in [-0.05, 0) is 44.0 Å². The van der Waals surface area contributed by atoms with Crippen molar-refractivity contribution in [1.82, 2.24) is 14.8 Å². The van der Waals surface area contributed by atoms with Crippen molar-refractivity contribution in [3.05, 3.63) is 35.1 Å². The third kappa shape index (κ3) is 3.16. The Balaban J connectivity index is 1.80. The molecule has 1 N–H and O–H groups in total. The third-order valence-electron chi connectivity index (χ3n) is 4.01. The molecule has 1 amide bonds. The minimum Gasteiger partial charge on any atom is -0.325 e. The van der Waals surface area contributed by atoms with E-state index in [0.717, 1.165) is 12.8 Å². The molecule has 24 heavy (non-hydrogen) atoms. The van der Waals surface area contributed by atoms with Crippen LogP contribution in [0.3, 0.4) is 0 Å². The summed E-state index contributed by atoms with van der Waals surface area (Å²) < 4.78 is 26.9. The molecule has 0 spiro atoms. The minimum atomic E-state index is -3.93. The SMILES string of the molecule is C[C@@H](C(=O)Nc1ccc(Cl)cc1)S(=O)(=O)c1nnc(C2CC2)n1C. The Labute approximate surface area is 145 Å². The normalized spacial score (nSPS) is 16.0. The fourth-order valence-corrected chi connectivity index (χ4v) is 3.76. The molecule has 1 fully saturated rings. The van der Waals surface area contributed by atoms with Crippen molar-refractivity contribution in [2.75, 3.05) is 5.32 Å². The number of hydrogen-bond acceptors (Lipinski definition) is 5. The summed E-state index contributed by atoms with van der Waals surface area (Å²) in [6, 6.07) is 6.43. The van der Waals surface area contributed by atoms with E-state index < -0.39 is 21.0 Å². The van der Waals surface area contributed by atoms with E-state index in [0.29, 0.717) is 16.5 Å². The van der Waals surface area contributed by atoms with Gasteiger partial charge in [-0.25, -0.2) is 8.42 Å². The first-order valence-corrected chi connectivity index (χ1v) is 9.42. The van der Waals surface area contributed by atoms with E-state index in [-0.39, 0.29) is 11.1 Å². The Kier molecular flexibility index (Phi) is 4.35. The van der Waals surface area contributed by atoms with Crippen molar-refractivity contribution in [2.45, 2.75) is 36.1 Å². The Morgan fingerprint density at radius 3 is 2.50 bits per heavy atom. The van der Waals surface area contributed by atoms with Gasteiger partial charge in [0, 0.05) is 23.7 Å². The number of sulfone groups is 1. The van der Waals surface area contributed by atoms with Crippen molar-refractivity contribution < 1.29 is 13.2 Å². The number of amides is 1. The molecule has 0 bridgehead atoms. The molecule has 7 nitrogen and oxygen atoms in total. The zero-order valence-corrected chi connectivity index (χ0v) is 14.8. The van der Waals surface area contributed by atoms with E-state index >= 15 is 0 Å². The first-order chi connectivity index (χ1) is 11.3. The highest BCUT2D eigenvalue weighted by Crippen LogP contribution is 2.39. The van der Waals surface area contributed by atoms with Crippen molar-refractivity contribution >= 4 is 33.0 Å². The van der Waals surface area contributed by atoms with Gasteiger partial charge in [0.15, 0.2) is 0 Å². The Bertz CT molecular complexity index is 873. The van der Waals surface area contributed by atoms with Gasteiger partial charge in [-0.3, -0.25) is 4.79 Å². The number of carbonyl (C=O) groups excluding carboxylic acids is 1. The maximum Gasteiger partial charge on any atom is 0.250 e. The Morgan fingerprint density at radius 1 is 1.29 bits per heavy atom. The maximum absolute atomic E-state index is 12.7. The summed E-state index contributed by atoms with van der Waals surface area (Å²) in [6.07, 6.45) is 1.97. The van der Waals surface area contributed by atoms with Crippen LogP contribution in [0.4, 0.5) is 5.69 Å². The average Bonchev–Trinajstić information content (AvgIpc) is 3.30. The summed E-state index contributed by atoms with van der Waals surface area (Å²) in [5.41, 5.74) is 0.475. The van der Waals surface area contributed by atoms with Crippen LogP contribution >= 0.6 is 11.6 Å². The topological polar surface area (TPSA) is 93.9 Å². The van der Waals surface area contributed by atoms with Gasteiger partial charge in [-0.1, -0.05) is 11.6 Å². The van der Waals surface area contributed by atoms with Crippen molar-refractivity contribution in [3.63, 3.8) is 0 Å². The number of hydrogen-bond donors (Lipinski definition) is 1. The highest BCUT2D eigenvalue weighted by Gasteiger charge is 2.37. The molecule has 0 radical (unpaired) electrons. The lowest BCUT2D eigenvalue weighted by Crippen LogP contribution is -2.34. The van der Waals surface area contributed by atoms with Crippen molar-refractivity contribution in [1.29, 1.82) is 0 Å². The largest absolute Gasteiger partial charge is 0.325 e. The van der Waals surface area contributed by atoms with Crippen LogP contribution in [-0.4, -0.2) is 34.3 Å². The second-order valence-electron chi connectivity index (χ2n) is 5.86. The number of carbonyl (C=O) groups is 1. The van der Waals surface area contributed by atoms with Gasteiger partial charge in [0.25, 0.3) is 0 Å². The van der Waals surface area contributed by atoms with Crippen molar-refractivity contribution in [2.24, 2.45) is 7.05 Å². The van der Waals surface area contributed by atoms with E-state index in [2.05, 4.69) is 15.5 Å². The molecule has 1 aliphatic rings. The first kappa shape index (κ1) is 16.9. The van der Waals surface area contributed by atoms with Crippen LogP contribution in [0.2, 0.25) is 5.02 Å². The molecule has 1 aromatic heterocycles. The highest BCUT2D eigenvalue weighted by molar-refractivity contribution is 7.92. The van der Waals surface area contributed by atoms with E-state index in [1.165, 1.54) is 11.5 Å². The molecule has 1 atom stereocenters. The number of nitrogens with zero attached hydrogens (tertiary/aromatic N) is 3. The fraction of sp³-hybridized carbons (Fsp3) is 0.400. The zero-order chi connectivity index (χ0) is 17.5. The second-order valence-corrected chi connectivity index (χ2v) is 8.46. The quantitative estimate of drug-likeness (QED) is 0.872. The molecule has 128 valence electrons. The molecule has 1 saturated carbocycles. The summed E-state index contributed by atoms with van der Waals surface area (Å²) in [7, 11) is -2.32. The predicted octanol–water partition coefficient (Wildman–Crippen LogP) is 2.15. The zero-order valence-electron chi connectivity index (χ0n) is 13.2. The number of rotatable bonds is 5. The van der Waals surface area contributed by atoms with Crippen LogP contribution in [0.15, 0.2) is 29.4 Å². The summed E-state index contributed by atoms with van der Waals surface area (Å²) in [5, 5.41) is 9.40. The Morgan fingerprint density at radius 2 is 1.92 bits per heavy atom. The number of benzene rings is 1. The fourth-order valence-electron chi connectivity index (χ4n) is 2.35. The van der Waals surface area contributed by atoms with Crippen molar-refractivity contribution in [3.8, 4) is 0 Å². The second kappa shape index (κ2) is 6.18. The highest BCUT2D eigenvalue weighted by atomic mass is 35.5. The lowest BCUT2D eigenvalue weighted by atomic mass is 10.3. The van der Waals surface area contributed by atoms with Gasteiger partial charge in [0.05, 0.1) is 0 Å². The molecule has 0 aliphatic heterocycles. The average molecular weight is 369 g/mol. The van der Waals surface area contributed by atoms with Crippen LogP contribution in [0.25, 0.3) is 0 Å².